The first-order valence-electron chi connectivity index (χ1n) is 6.79. The molecule has 0 fully saturated rings. The van der Waals surface area contributed by atoms with E-state index in [1.165, 1.54) is 18.4 Å². The largest absolute Gasteiger partial charge is 0.150 e. The molecule has 0 spiro atoms. The van der Waals surface area contributed by atoms with E-state index in [9.17, 15) is 0 Å². The highest BCUT2D eigenvalue weighted by Crippen LogP contribution is 2.18. The Balaban J connectivity index is 2.05. The molecule has 0 saturated heterocycles. The molecule has 0 aliphatic rings. The van der Waals surface area contributed by atoms with E-state index in [4.69, 9.17) is 0 Å². The first-order chi connectivity index (χ1) is 9.38. The Labute approximate surface area is 112 Å². The van der Waals surface area contributed by atoms with E-state index in [0.717, 1.165) is 23.1 Å². The van der Waals surface area contributed by atoms with Crippen LogP contribution in [0.3, 0.4) is 0 Å². The first-order valence-corrected chi connectivity index (χ1v) is 6.79. The summed E-state index contributed by atoms with van der Waals surface area (Å²) in [4.78, 5) is 1.72. The fourth-order valence-corrected chi connectivity index (χ4v) is 2.24. The lowest BCUT2D eigenvalue weighted by Gasteiger charge is -1.99. The molecule has 3 nitrogen and oxygen atoms in total. The molecule has 1 aromatic heterocycles. The quantitative estimate of drug-likeness (QED) is 0.706. The number of aromatic nitrogens is 3. The minimum Gasteiger partial charge on any atom is -0.150 e. The molecule has 3 aromatic rings. The van der Waals surface area contributed by atoms with Gasteiger partial charge >= 0.3 is 0 Å². The van der Waals surface area contributed by atoms with Gasteiger partial charge < -0.3 is 0 Å². The van der Waals surface area contributed by atoms with Crippen LogP contribution in [0.1, 0.15) is 25.3 Å². The number of rotatable bonds is 4. The van der Waals surface area contributed by atoms with Crippen LogP contribution in [0.4, 0.5) is 0 Å². The van der Waals surface area contributed by atoms with Crippen molar-refractivity contribution in [2.75, 3.05) is 0 Å². The van der Waals surface area contributed by atoms with Gasteiger partial charge in [-0.1, -0.05) is 43.7 Å². The Morgan fingerprint density at radius 2 is 1.79 bits per heavy atom. The third-order valence-corrected chi connectivity index (χ3v) is 3.28. The highest BCUT2D eigenvalue weighted by Gasteiger charge is 2.08. The predicted octanol–water partition coefficient (Wildman–Crippen LogP) is 3.76. The fraction of sp³-hybridized carbons (Fsp3) is 0.250. The summed E-state index contributed by atoms with van der Waals surface area (Å²) in [5, 5.41) is 9.20. The summed E-state index contributed by atoms with van der Waals surface area (Å²) in [5.41, 5.74) is 4.29. The van der Waals surface area contributed by atoms with Crippen molar-refractivity contribution in [2.45, 2.75) is 26.2 Å². The molecule has 1 heterocycles. The lowest BCUT2D eigenvalue weighted by molar-refractivity contribution is 0.761. The van der Waals surface area contributed by atoms with Crippen LogP contribution in [0, 0.1) is 0 Å². The summed E-state index contributed by atoms with van der Waals surface area (Å²) in [7, 11) is 0. The van der Waals surface area contributed by atoms with E-state index in [1.54, 1.807) is 4.80 Å². The van der Waals surface area contributed by atoms with Crippen LogP contribution in [-0.2, 0) is 6.42 Å². The average molecular weight is 251 g/mol. The highest BCUT2D eigenvalue weighted by molar-refractivity contribution is 5.77. The average Bonchev–Trinajstić information content (AvgIpc) is 2.90. The van der Waals surface area contributed by atoms with Gasteiger partial charge in [0.2, 0.25) is 0 Å². The Bertz CT molecular complexity index is 671. The van der Waals surface area contributed by atoms with Crippen molar-refractivity contribution in [1.29, 1.82) is 0 Å². The molecule has 0 N–H and O–H groups in total. The van der Waals surface area contributed by atoms with Gasteiger partial charge in [-0.25, -0.2) is 0 Å². The monoisotopic (exact) mass is 251 g/mol. The first kappa shape index (κ1) is 11.9. The van der Waals surface area contributed by atoms with E-state index in [2.05, 4.69) is 29.3 Å². The molecule has 2 aromatic carbocycles. The van der Waals surface area contributed by atoms with Gasteiger partial charge in [0.1, 0.15) is 11.0 Å². The van der Waals surface area contributed by atoms with Crippen LogP contribution in [0.25, 0.3) is 16.7 Å². The topological polar surface area (TPSA) is 30.7 Å². The maximum atomic E-state index is 4.64. The lowest BCUT2D eigenvalue weighted by atomic mass is 10.1. The van der Waals surface area contributed by atoms with E-state index in [0.29, 0.717) is 0 Å². The zero-order chi connectivity index (χ0) is 13.1. The van der Waals surface area contributed by atoms with Crippen LogP contribution >= 0.6 is 0 Å². The second kappa shape index (κ2) is 5.22. The molecule has 0 aliphatic heterocycles. The predicted molar refractivity (Wildman–Crippen MR) is 77.5 cm³/mol. The summed E-state index contributed by atoms with van der Waals surface area (Å²) in [6, 6.07) is 16.3. The minimum atomic E-state index is 0.970. The van der Waals surface area contributed by atoms with Crippen molar-refractivity contribution >= 4 is 11.0 Å². The second-order valence-corrected chi connectivity index (χ2v) is 4.71. The third-order valence-electron chi connectivity index (χ3n) is 3.28. The number of unbranched alkanes of at least 4 members (excludes halogenated alkanes) is 1. The molecule has 0 radical (unpaired) electrons. The number of hydrogen-bond acceptors (Lipinski definition) is 2. The van der Waals surface area contributed by atoms with E-state index >= 15 is 0 Å². The summed E-state index contributed by atoms with van der Waals surface area (Å²) >= 11 is 0. The third kappa shape index (κ3) is 2.36. The fourth-order valence-electron chi connectivity index (χ4n) is 2.24. The van der Waals surface area contributed by atoms with Crippen LogP contribution in [0.5, 0.6) is 0 Å². The number of para-hydroxylation sites is 1. The van der Waals surface area contributed by atoms with Crippen molar-refractivity contribution in [3.05, 3.63) is 54.1 Å². The molecule has 0 aliphatic carbocycles. The Morgan fingerprint density at radius 3 is 2.58 bits per heavy atom. The molecular weight excluding hydrogens is 234 g/mol. The summed E-state index contributed by atoms with van der Waals surface area (Å²) in [5.74, 6) is 0. The number of fused-ring (bicyclic) bond motifs is 1. The number of hydrogen-bond donors (Lipinski definition) is 0. The van der Waals surface area contributed by atoms with Crippen molar-refractivity contribution in [3.8, 4) is 5.69 Å². The Morgan fingerprint density at radius 1 is 0.947 bits per heavy atom. The normalized spacial score (nSPS) is 11.0. The molecule has 19 heavy (non-hydrogen) atoms. The second-order valence-electron chi connectivity index (χ2n) is 4.71. The van der Waals surface area contributed by atoms with Crippen molar-refractivity contribution in [2.24, 2.45) is 0 Å². The van der Waals surface area contributed by atoms with Gasteiger partial charge in [-0.15, -0.1) is 10.2 Å². The Kier molecular flexibility index (Phi) is 3.27. The summed E-state index contributed by atoms with van der Waals surface area (Å²) < 4.78 is 0. The van der Waals surface area contributed by atoms with Crippen molar-refractivity contribution < 1.29 is 0 Å². The van der Waals surface area contributed by atoms with Gasteiger partial charge in [0.25, 0.3) is 0 Å². The van der Waals surface area contributed by atoms with Crippen LogP contribution in [-0.4, -0.2) is 15.0 Å². The van der Waals surface area contributed by atoms with Crippen molar-refractivity contribution in [1.82, 2.24) is 15.0 Å². The molecule has 0 atom stereocenters. The molecule has 96 valence electrons. The molecule has 3 rings (SSSR count). The zero-order valence-electron chi connectivity index (χ0n) is 11.1. The maximum absolute atomic E-state index is 4.64. The van der Waals surface area contributed by atoms with Crippen LogP contribution < -0.4 is 0 Å². The van der Waals surface area contributed by atoms with Gasteiger partial charge in [0.15, 0.2) is 0 Å². The van der Waals surface area contributed by atoms with Crippen molar-refractivity contribution in [3.63, 3.8) is 0 Å². The van der Waals surface area contributed by atoms with E-state index < -0.39 is 0 Å². The number of nitrogens with zero attached hydrogens (tertiary/aromatic N) is 3. The minimum absolute atomic E-state index is 0.970. The van der Waals surface area contributed by atoms with Gasteiger partial charge in [-0.05, 0) is 36.6 Å². The molecule has 0 amide bonds. The van der Waals surface area contributed by atoms with E-state index in [-0.39, 0.29) is 0 Å². The molecule has 0 saturated carbocycles. The molecule has 3 heteroatoms. The highest BCUT2D eigenvalue weighted by atomic mass is 15.5. The molecule has 0 bridgehead atoms. The summed E-state index contributed by atoms with van der Waals surface area (Å²) in [6.07, 6.45) is 3.46. The molecular formula is C16H17N3. The van der Waals surface area contributed by atoms with Gasteiger partial charge in [0, 0.05) is 0 Å². The SMILES string of the molecule is CCCCc1cccc2nn(-c3ccccc3)nc12. The summed E-state index contributed by atoms with van der Waals surface area (Å²) in [6.45, 7) is 2.21. The van der Waals surface area contributed by atoms with Crippen LogP contribution in [0.2, 0.25) is 0 Å². The zero-order valence-corrected chi connectivity index (χ0v) is 11.1. The Hall–Kier alpha value is -2.16. The van der Waals surface area contributed by atoms with E-state index in [1.807, 2.05) is 36.4 Å². The smallest absolute Gasteiger partial charge is 0.116 e. The van der Waals surface area contributed by atoms with Gasteiger partial charge in [0.05, 0.1) is 5.69 Å². The molecule has 0 unspecified atom stereocenters. The maximum Gasteiger partial charge on any atom is 0.116 e. The van der Waals surface area contributed by atoms with Crippen LogP contribution in [0.15, 0.2) is 48.5 Å². The van der Waals surface area contributed by atoms with Gasteiger partial charge in [-0.3, -0.25) is 0 Å². The number of benzene rings is 2. The number of aryl methyl sites for hydroxylation is 1. The lowest BCUT2D eigenvalue weighted by Crippen LogP contribution is -1.97. The standard InChI is InChI=1S/C16H17N3/c1-2-3-8-13-9-7-12-15-16(13)18-19(17-15)14-10-5-4-6-11-14/h4-7,9-12H,2-3,8H2,1H3. The van der Waals surface area contributed by atoms with Gasteiger partial charge in [-0.2, -0.15) is 4.80 Å².